The molecule has 0 aliphatic rings. The molecule has 0 atom stereocenters. The molecule has 0 amide bonds. The van der Waals surface area contributed by atoms with Crippen molar-refractivity contribution in [2.45, 2.75) is 26.8 Å². The SMILES string of the molecule is CCNCCCNCc1cccc(OCC)c1.Cl.Cl. The average Bonchev–Trinajstić information content (AvgIpc) is 2.35. The van der Waals surface area contributed by atoms with Crippen LogP contribution in [0.3, 0.4) is 0 Å². The van der Waals surface area contributed by atoms with Crippen molar-refractivity contribution in [2.75, 3.05) is 26.2 Å². The van der Waals surface area contributed by atoms with Gasteiger partial charge < -0.3 is 15.4 Å². The Hall–Kier alpha value is -0.480. The molecule has 1 aromatic rings. The first-order valence-electron chi connectivity index (χ1n) is 6.50. The van der Waals surface area contributed by atoms with Crippen LogP contribution in [-0.4, -0.2) is 26.2 Å². The quantitative estimate of drug-likeness (QED) is 0.688. The van der Waals surface area contributed by atoms with Crippen molar-refractivity contribution in [3.05, 3.63) is 29.8 Å². The Morgan fingerprint density at radius 2 is 1.79 bits per heavy atom. The van der Waals surface area contributed by atoms with Crippen LogP contribution in [0.2, 0.25) is 0 Å². The van der Waals surface area contributed by atoms with Crippen molar-refractivity contribution in [1.82, 2.24) is 10.6 Å². The molecule has 1 aromatic carbocycles. The zero-order chi connectivity index (χ0) is 12.3. The minimum Gasteiger partial charge on any atom is -0.494 e. The first-order chi connectivity index (χ1) is 8.36. The monoisotopic (exact) mass is 308 g/mol. The number of benzene rings is 1. The van der Waals surface area contributed by atoms with E-state index in [1.165, 1.54) is 12.0 Å². The predicted octanol–water partition coefficient (Wildman–Crippen LogP) is 3.02. The number of nitrogens with one attached hydrogen (secondary N) is 2. The summed E-state index contributed by atoms with van der Waals surface area (Å²) in [5.41, 5.74) is 1.28. The van der Waals surface area contributed by atoms with Gasteiger partial charge in [0.25, 0.3) is 0 Å². The molecular weight excluding hydrogens is 283 g/mol. The highest BCUT2D eigenvalue weighted by atomic mass is 35.5. The molecule has 0 saturated carbocycles. The molecule has 5 heteroatoms. The normalized spacial score (nSPS) is 9.37. The Kier molecular flexibility index (Phi) is 15.3. The van der Waals surface area contributed by atoms with Crippen molar-refractivity contribution in [3.8, 4) is 5.75 Å². The number of ether oxygens (including phenoxy) is 1. The summed E-state index contributed by atoms with van der Waals surface area (Å²) in [6.07, 6.45) is 1.17. The lowest BCUT2D eigenvalue weighted by Crippen LogP contribution is -2.21. The first-order valence-corrected chi connectivity index (χ1v) is 6.50. The van der Waals surface area contributed by atoms with Gasteiger partial charge in [0.05, 0.1) is 6.61 Å². The molecule has 0 unspecified atom stereocenters. The molecule has 0 bridgehead atoms. The van der Waals surface area contributed by atoms with Gasteiger partial charge in [0.15, 0.2) is 0 Å². The van der Waals surface area contributed by atoms with Crippen LogP contribution in [0, 0.1) is 0 Å². The predicted molar refractivity (Wildman–Crippen MR) is 87.0 cm³/mol. The lowest BCUT2D eigenvalue weighted by molar-refractivity contribution is 0.340. The molecule has 3 nitrogen and oxygen atoms in total. The fourth-order valence-electron chi connectivity index (χ4n) is 1.66. The zero-order valence-corrected chi connectivity index (χ0v) is 13.4. The van der Waals surface area contributed by atoms with Crippen LogP contribution in [0.15, 0.2) is 24.3 Å². The highest BCUT2D eigenvalue weighted by molar-refractivity contribution is 5.85. The maximum Gasteiger partial charge on any atom is 0.119 e. The minimum absolute atomic E-state index is 0. The molecule has 112 valence electrons. The van der Waals surface area contributed by atoms with Crippen LogP contribution in [0.1, 0.15) is 25.8 Å². The van der Waals surface area contributed by atoms with Crippen LogP contribution in [0.25, 0.3) is 0 Å². The van der Waals surface area contributed by atoms with Gasteiger partial charge in [-0.1, -0.05) is 19.1 Å². The van der Waals surface area contributed by atoms with E-state index in [1.807, 2.05) is 19.1 Å². The van der Waals surface area contributed by atoms with Gasteiger partial charge in [-0.05, 0) is 50.7 Å². The highest BCUT2D eigenvalue weighted by Crippen LogP contribution is 2.12. The molecule has 0 aromatic heterocycles. The summed E-state index contributed by atoms with van der Waals surface area (Å²) in [4.78, 5) is 0. The van der Waals surface area contributed by atoms with Gasteiger partial charge in [0.2, 0.25) is 0 Å². The highest BCUT2D eigenvalue weighted by Gasteiger charge is 1.96. The van der Waals surface area contributed by atoms with E-state index in [9.17, 15) is 0 Å². The molecule has 1 rings (SSSR count). The third kappa shape index (κ3) is 10.0. The fourth-order valence-corrected chi connectivity index (χ4v) is 1.66. The molecule has 0 aliphatic heterocycles. The van der Waals surface area contributed by atoms with Crippen LogP contribution in [-0.2, 0) is 6.54 Å². The van der Waals surface area contributed by atoms with Crippen molar-refractivity contribution in [3.63, 3.8) is 0 Å². The largest absolute Gasteiger partial charge is 0.494 e. The van der Waals surface area contributed by atoms with Crippen molar-refractivity contribution < 1.29 is 4.74 Å². The number of rotatable bonds is 9. The van der Waals surface area contributed by atoms with E-state index in [4.69, 9.17) is 4.74 Å². The molecule has 0 aliphatic carbocycles. The van der Waals surface area contributed by atoms with Crippen molar-refractivity contribution >= 4 is 24.8 Å². The maximum absolute atomic E-state index is 5.47. The lowest BCUT2D eigenvalue weighted by Gasteiger charge is -2.07. The van der Waals surface area contributed by atoms with Crippen LogP contribution in [0.5, 0.6) is 5.75 Å². The van der Waals surface area contributed by atoms with Gasteiger partial charge in [-0.15, -0.1) is 24.8 Å². The molecule has 0 heterocycles. The second-order valence-corrected chi connectivity index (χ2v) is 3.96. The minimum atomic E-state index is 0. The Morgan fingerprint density at radius 1 is 1.05 bits per heavy atom. The molecular formula is C14H26Cl2N2O. The van der Waals surface area contributed by atoms with Crippen LogP contribution >= 0.6 is 24.8 Å². The Morgan fingerprint density at radius 3 is 2.47 bits per heavy atom. The number of hydrogen-bond acceptors (Lipinski definition) is 3. The standard InChI is InChI=1S/C14H24N2O.2ClH/c1-3-15-9-6-10-16-12-13-7-5-8-14(11-13)17-4-2;;/h5,7-8,11,15-16H,3-4,6,9-10,12H2,1-2H3;2*1H. The second-order valence-electron chi connectivity index (χ2n) is 3.96. The van der Waals surface area contributed by atoms with Gasteiger partial charge in [0.1, 0.15) is 5.75 Å². The second kappa shape index (κ2) is 13.9. The van der Waals surface area contributed by atoms with Gasteiger partial charge in [-0.3, -0.25) is 0 Å². The zero-order valence-electron chi connectivity index (χ0n) is 11.8. The van der Waals surface area contributed by atoms with E-state index >= 15 is 0 Å². The van der Waals surface area contributed by atoms with E-state index in [-0.39, 0.29) is 24.8 Å². The van der Waals surface area contributed by atoms with Crippen molar-refractivity contribution in [2.24, 2.45) is 0 Å². The molecule has 0 saturated heterocycles. The summed E-state index contributed by atoms with van der Waals surface area (Å²) in [6.45, 7) is 8.95. The number of hydrogen-bond donors (Lipinski definition) is 2. The summed E-state index contributed by atoms with van der Waals surface area (Å²) in [6, 6.07) is 8.26. The van der Waals surface area contributed by atoms with Crippen molar-refractivity contribution in [1.29, 1.82) is 0 Å². The van der Waals surface area contributed by atoms with Gasteiger partial charge in [-0.2, -0.15) is 0 Å². The molecule has 0 fully saturated rings. The van der Waals surface area contributed by atoms with Gasteiger partial charge in [-0.25, -0.2) is 0 Å². The van der Waals surface area contributed by atoms with Crippen LogP contribution < -0.4 is 15.4 Å². The first kappa shape index (κ1) is 20.8. The fraction of sp³-hybridized carbons (Fsp3) is 0.571. The topological polar surface area (TPSA) is 33.3 Å². The summed E-state index contributed by atoms with van der Waals surface area (Å²) in [7, 11) is 0. The summed E-state index contributed by atoms with van der Waals surface area (Å²) >= 11 is 0. The summed E-state index contributed by atoms with van der Waals surface area (Å²) in [5.74, 6) is 0.958. The maximum atomic E-state index is 5.47. The lowest BCUT2D eigenvalue weighted by atomic mass is 10.2. The van der Waals surface area contributed by atoms with E-state index in [0.29, 0.717) is 0 Å². The van der Waals surface area contributed by atoms with Gasteiger partial charge in [0, 0.05) is 6.54 Å². The molecule has 2 N–H and O–H groups in total. The third-order valence-electron chi connectivity index (χ3n) is 2.50. The molecule has 0 spiro atoms. The Balaban J connectivity index is 0. The third-order valence-corrected chi connectivity index (χ3v) is 2.50. The number of halogens is 2. The van der Waals surface area contributed by atoms with E-state index in [1.54, 1.807) is 0 Å². The average molecular weight is 309 g/mol. The van der Waals surface area contributed by atoms with E-state index in [2.05, 4.69) is 29.7 Å². The van der Waals surface area contributed by atoms with Gasteiger partial charge >= 0.3 is 0 Å². The smallest absolute Gasteiger partial charge is 0.119 e. The molecule has 0 radical (unpaired) electrons. The summed E-state index contributed by atoms with van der Waals surface area (Å²) in [5, 5.41) is 6.75. The Labute approximate surface area is 129 Å². The van der Waals surface area contributed by atoms with E-state index in [0.717, 1.165) is 38.5 Å². The Bertz CT molecular complexity index is 311. The summed E-state index contributed by atoms with van der Waals surface area (Å²) < 4.78 is 5.47. The van der Waals surface area contributed by atoms with Crippen LogP contribution in [0.4, 0.5) is 0 Å². The molecule has 19 heavy (non-hydrogen) atoms. The van der Waals surface area contributed by atoms with E-state index < -0.39 is 0 Å².